The average molecular weight is 449 g/mol. The minimum Gasteiger partial charge on any atom is -0.490 e. The van der Waals surface area contributed by atoms with Crippen LogP contribution in [-0.4, -0.2) is 24.5 Å². The quantitative estimate of drug-likeness (QED) is 0.553. The van der Waals surface area contributed by atoms with Crippen molar-refractivity contribution in [3.05, 3.63) is 46.0 Å². The molecule has 13 heteroatoms. The number of carbonyl (C=O) groups is 1. The highest BCUT2D eigenvalue weighted by molar-refractivity contribution is 6.31. The van der Waals surface area contributed by atoms with E-state index in [2.05, 4.69) is 9.47 Å². The molecule has 0 unspecified atom stereocenters. The molecule has 0 heterocycles. The second-order valence-electron chi connectivity index (χ2n) is 5.12. The van der Waals surface area contributed by atoms with Gasteiger partial charge in [0.05, 0.1) is 17.7 Å². The van der Waals surface area contributed by atoms with Gasteiger partial charge in [0, 0.05) is 6.07 Å². The zero-order valence-corrected chi connectivity index (χ0v) is 14.7. The third-order valence-corrected chi connectivity index (χ3v) is 3.64. The van der Waals surface area contributed by atoms with Gasteiger partial charge >= 0.3 is 12.3 Å². The van der Waals surface area contributed by atoms with Crippen molar-refractivity contribution < 1.29 is 54.8 Å². The molecule has 0 atom stereocenters. The van der Waals surface area contributed by atoms with E-state index < -0.39 is 69.5 Å². The van der Waals surface area contributed by atoms with E-state index in [0.29, 0.717) is 18.2 Å². The second kappa shape index (κ2) is 8.23. The van der Waals surface area contributed by atoms with Crippen LogP contribution < -0.4 is 14.2 Å². The van der Waals surface area contributed by atoms with E-state index >= 15 is 0 Å². The lowest BCUT2D eigenvalue weighted by atomic mass is 10.1. The fraction of sp³-hybridized carbons (Fsp3) is 0.188. The topological polar surface area (TPSA) is 65.0 Å². The Hall–Kier alpha value is -2.89. The van der Waals surface area contributed by atoms with Crippen molar-refractivity contribution >= 4 is 17.6 Å². The summed E-state index contributed by atoms with van der Waals surface area (Å²) in [5.74, 6) is -9.47. The van der Waals surface area contributed by atoms with Gasteiger partial charge in [-0.25, -0.2) is 18.0 Å². The molecule has 2 aromatic carbocycles. The zero-order valence-electron chi connectivity index (χ0n) is 13.9. The summed E-state index contributed by atoms with van der Waals surface area (Å²) in [4.78, 5) is 11.3. The number of aromatic carboxylic acids is 1. The Kier molecular flexibility index (Phi) is 6.36. The Morgan fingerprint density at radius 2 is 1.69 bits per heavy atom. The molecule has 0 aliphatic carbocycles. The summed E-state index contributed by atoms with van der Waals surface area (Å²) in [7, 11) is 0.841. The molecule has 0 bridgehead atoms. The molecule has 0 aliphatic rings. The second-order valence-corrected chi connectivity index (χ2v) is 5.53. The van der Waals surface area contributed by atoms with Gasteiger partial charge in [0.15, 0.2) is 17.3 Å². The molecular formula is C16H8ClF7O5. The molecule has 0 fully saturated rings. The van der Waals surface area contributed by atoms with Crippen molar-refractivity contribution in [3.8, 4) is 23.0 Å². The molecule has 0 radical (unpaired) electrons. The molecule has 158 valence electrons. The van der Waals surface area contributed by atoms with Gasteiger partial charge < -0.3 is 19.3 Å². The first-order chi connectivity index (χ1) is 13.4. The minimum atomic E-state index is -5.23. The van der Waals surface area contributed by atoms with Crippen LogP contribution in [0.2, 0.25) is 5.02 Å². The first-order valence-corrected chi connectivity index (χ1v) is 7.58. The first-order valence-electron chi connectivity index (χ1n) is 7.20. The molecule has 0 saturated carbocycles. The summed E-state index contributed by atoms with van der Waals surface area (Å²) in [6.07, 6.45) is -8.69. The number of carboxylic acid groups (broad SMARTS) is 1. The zero-order chi connectivity index (χ0) is 22.1. The molecule has 0 spiro atoms. The highest BCUT2D eigenvalue weighted by atomic mass is 35.5. The number of ether oxygens (including phenoxy) is 3. The lowest BCUT2D eigenvalue weighted by Crippen LogP contribution is -2.18. The minimum absolute atomic E-state index is 0.479. The van der Waals surface area contributed by atoms with Crippen LogP contribution in [0.3, 0.4) is 0 Å². The number of hydrogen-bond donors (Lipinski definition) is 1. The Morgan fingerprint density at radius 1 is 1.10 bits per heavy atom. The van der Waals surface area contributed by atoms with Crippen LogP contribution in [-0.2, 0) is 0 Å². The number of rotatable bonds is 6. The van der Waals surface area contributed by atoms with Crippen molar-refractivity contribution in [1.29, 1.82) is 0 Å². The highest BCUT2D eigenvalue weighted by Gasteiger charge is 2.34. The normalized spacial score (nSPS) is 11.5. The maximum Gasteiger partial charge on any atom is 0.573 e. The summed E-state index contributed by atoms with van der Waals surface area (Å²) < 4.78 is 104. The van der Waals surface area contributed by atoms with Crippen LogP contribution in [0.25, 0.3) is 0 Å². The van der Waals surface area contributed by atoms with Crippen LogP contribution in [0.1, 0.15) is 22.3 Å². The molecule has 2 rings (SSSR count). The van der Waals surface area contributed by atoms with E-state index in [1.165, 1.54) is 0 Å². The number of benzene rings is 2. The maximum atomic E-state index is 14.2. The number of halogens is 8. The molecular weight excluding hydrogens is 441 g/mol. The van der Waals surface area contributed by atoms with Gasteiger partial charge in [-0.3, -0.25) is 0 Å². The largest absolute Gasteiger partial charge is 0.573 e. The van der Waals surface area contributed by atoms with Gasteiger partial charge in [0.1, 0.15) is 11.3 Å². The Labute approximate surface area is 162 Å². The molecule has 5 nitrogen and oxygen atoms in total. The Morgan fingerprint density at radius 3 is 2.17 bits per heavy atom. The van der Waals surface area contributed by atoms with Crippen molar-refractivity contribution in [2.75, 3.05) is 7.11 Å². The molecule has 0 aliphatic heterocycles. The number of carboxylic acids is 1. The van der Waals surface area contributed by atoms with Crippen molar-refractivity contribution in [2.45, 2.75) is 12.8 Å². The average Bonchev–Trinajstić information content (AvgIpc) is 2.55. The third-order valence-electron chi connectivity index (χ3n) is 3.32. The van der Waals surface area contributed by atoms with Crippen LogP contribution in [0, 0.1) is 11.6 Å². The van der Waals surface area contributed by atoms with Crippen molar-refractivity contribution in [3.63, 3.8) is 0 Å². The molecule has 0 saturated heterocycles. The number of methoxy groups -OCH3 is 1. The van der Waals surface area contributed by atoms with Crippen LogP contribution in [0.15, 0.2) is 18.2 Å². The van der Waals surface area contributed by atoms with Gasteiger partial charge in [0.2, 0.25) is 11.6 Å². The van der Waals surface area contributed by atoms with E-state index in [1.807, 2.05) is 0 Å². The van der Waals surface area contributed by atoms with E-state index in [4.69, 9.17) is 21.4 Å². The van der Waals surface area contributed by atoms with Crippen molar-refractivity contribution in [2.24, 2.45) is 0 Å². The van der Waals surface area contributed by atoms with Gasteiger partial charge in [-0.05, 0) is 12.1 Å². The lowest BCUT2D eigenvalue weighted by Gasteiger charge is -2.17. The predicted octanol–water partition coefficient (Wildman–Crippen LogP) is 5.95. The van der Waals surface area contributed by atoms with Crippen molar-refractivity contribution in [1.82, 2.24) is 0 Å². The Bertz CT molecular complexity index is 946. The van der Waals surface area contributed by atoms with E-state index in [-0.39, 0.29) is 0 Å². The molecule has 1 N–H and O–H groups in total. The number of alkyl halides is 5. The summed E-state index contributed by atoms with van der Waals surface area (Å²) in [6, 6.07) is 1.71. The van der Waals surface area contributed by atoms with E-state index in [0.717, 1.165) is 7.11 Å². The predicted molar refractivity (Wildman–Crippen MR) is 83.0 cm³/mol. The highest BCUT2D eigenvalue weighted by Crippen LogP contribution is 2.43. The fourth-order valence-electron chi connectivity index (χ4n) is 2.21. The van der Waals surface area contributed by atoms with Crippen LogP contribution in [0.5, 0.6) is 23.0 Å². The smallest absolute Gasteiger partial charge is 0.490 e. The molecule has 0 amide bonds. The van der Waals surface area contributed by atoms with Gasteiger partial charge in [-0.2, -0.15) is 4.39 Å². The maximum absolute atomic E-state index is 14.2. The molecule has 2 aromatic rings. The standard InChI is InChI=1S/C16H8ClF7O5/c1-27-13-7(3-2-6(11(13)18)29-16(22,23)24)28-8-4-5(17)9(14(20)21)12(19)10(8)15(25)26/h2-4,14H,1H3,(H,25,26). The fourth-order valence-corrected chi connectivity index (χ4v) is 2.47. The first kappa shape index (κ1) is 22.4. The van der Waals surface area contributed by atoms with Crippen LogP contribution in [0.4, 0.5) is 30.7 Å². The van der Waals surface area contributed by atoms with Crippen LogP contribution >= 0.6 is 11.6 Å². The van der Waals surface area contributed by atoms with E-state index in [9.17, 15) is 35.5 Å². The van der Waals surface area contributed by atoms with Gasteiger partial charge in [-0.15, -0.1) is 13.2 Å². The molecule has 29 heavy (non-hydrogen) atoms. The summed E-state index contributed by atoms with van der Waals surface area (Å²) in [5.41, 5.74) is -2.76. The van der Waals surface area contributed by atoms with Gasteiger partial charge in [-0.1, -0.05) is 11.6 Å². The number of hydrogen-bond acceptors (Lipinski definition) is 4. The summed E-state index contributed by atoms with van der Waals surface area (Å²) in [6.45, 7) is 0. The van der Waals surface area contributed by atoms with Gasteiger partial charge in [0.25, 0.3) is 6.43 Å². The summed E-state index contributed by atoms with van der Waals surface area (Å²) in [5, 5.41) is 8.22. The third kappa shape index (κ3) is 4.75. The monoisotopic (exact) mass is 448 g/mol. The lowest BCUT2D eigenvalue weighted by molar-refractivity contribution is -0.275. The molecule has 0 aromatic heterocycles. The summed E-state index contributed by atoms with van der Waals surface area (Å²) >= 11 is 5.53. The van der Waals surface area contributed by atoms with E-state index in [1.54, 1.807) is 0 Å². The Balaban J connectivity index is 2.59. The SMILES string of the molecule is COc1c(Oc2cc(Cl)c(C(F)F)c(F)c2C(=O)O)ccc(OC(F)(F)F)c1F.